The third kappa shape index (κ3) is 9.14. The molecule has 1 aromatic heterocycles. The molecule has 2 N–H and O–H groups in total. The van der Waals surface area contributed by atoms with Crippen LogP contribution in [0.2, 0.25) is 0 Å². The highest BCUT2D eigenvalue weighted by Gasteiger charge is 2.04. The van der Waals surface area contributed by atoms with Crippen LogP contribution in [0.5, 0.6) is 0 Å². The van der Waals surface area contributed by atoms with E-state index in [9.17, 15) is 10.1 Å². The highest BCUT2D eigenvalue weighted by Crippen LogP contribution is 2.16. The van der Waals surface area contributed by atoms with Crippen LogP contribution in [0.15, 0.2) is 28.6 Å². The molecule has 0 saturated heterocycles. The summed E-state index contributed by atoms with van der Waals surface area (Å²) in [6.07, 6.45) is 2.98. The second kappa shape index (κ2) is 11.0. The number of aryl methyl sites for hydroxylation is 1. The van der Waals surface area contributed by atoms with Gasteiger partial charge in [0.25, 0.3) is 6.20 Å². The van der Waals surface area contributed by atoms with Crippen LogP contribution in [-0.4, -0.2) is 49.8 Å². The predicted molar refractivity (Wildman–Crippen MR) is 93.9 cm³/mol. The Balaban J connectivity index is 2.18. The van der Waals surface area contributed by atoms with Crippen LogP contribution in [0, 0.1) is 10.1 Å². The summed E-state index contributed by atoms with van der Waals surface area (Å²) >= 11 is 1.73. The van der Waals surface area contributed by atoms with E-state index in [1.54, 1.807) is 18.8 Å². The molecule has 0 aliphatic heterocycles. The van der Waals surface area contributed by atoms with Gasteiger partial charge in [0.2, 0.25) is 0 Å². The van der Waals surface area contributed by atoms with Gasteiger partial charge in [-0.1, -0.05) is 0 Å². The molecule has 0 spiro atoms. The summed E-state index contributed by atoms with van der Waals surface area (Å²) in [6, 6.07) is 4.07. The minimum Gasteiger partial charge on any atom is -0.465 e. The summed E-state index contributed by atoms with van der Waals surface area (Å²) in [6.45, 7) is 1.71. The Bertz CT molecular complexity index is 503. The first-order valence-electron chi connectivity index (χ1n) is 7.58. The van der Waals surface area contributed by atoms with E-state index < -0.39 is 4.92 Å². The third-order valence-corrected chi connectivity index (χ3v) is 4.04. The van der Waals surface area contributed by atoms with Gasteiger partial charge in [-0.2, -0.15) is 11.8 Å². The fourth-order valence-electron chi connectivity index (χ4n) is 1.94. The van der Waals surface area contributed by atoms with Crippen molar-refractivity contribution >= 4 is 11.8 Å². The van der Waals surface area contributed by atoms with E-state index in [1.165, 1.54) is 0 Å². The molecule has 0 unspecified atom stereocenters. The van der Waals surface area contributed by atoms with Crippen LogP contribution in [0.3, 0.4) is 0 Å². The Morgan fingerprint density at radius 1 is 1.43 bits per heavy atom. The normalized spacial score (nSPS) is 11.7. The molecule has 0 fully saturated rings. The molecule has 0 amide bonds. The topological polar surface area (TPSA) is 83.6 Å². The van der Waals surface area contributed by atoms with Crippen LogP contribution in [0.25, 0.3) is 0 Å². The maximum Gasteiger partial charge on any atom is 0.274 e. The van der Waals surface area contributed by atoms with Crippen LogP contribution < -0.4 is 10.6 Å². The first-order valence-corrected chi connectivity index (χ1v) is 8.73. The minimum atomic E-state index is -0.480. The maximum atomic E-state index is 10.4. The number of hydrogen-bond donors (Lipinski definition) is 2. The Morgan fingerprint density at radius 2 is 2.17 bits per heavy atom. The molecule has 23 heavy (non-hydrogen) atoms. The van der Waals surface area contributed by atoms with Crippen LogP contribution in [0.1, 0.15) is 17.9 Å². The lowest BCUT2D eigenvalue weighted by atomic mass is 10.2. The zero-order valence-corrected chi connectivity index (χ0v) is 14.8. The summed E-state index contributed by atoms with van der Waals surface area (Å²) < 4.78 is 5.79. The SMILES string of the molecule is CNC(=C[N+](=O)[O-])NCCSCc1ccc(CCCN(C)C)o1. The van der Waals surface area contributed by atoms with Crippen LogP contribution >= 0.6 is 11.8 Å². The standard InChI is InChI=1S/C15H26N4O3S/c1-16-15(11-19(20)21)17-8-10-23-12-14-7-6-13(22-14)5-4-9-18(2)3/h6-7,11,16-17H,4-5,8-10,12H2,1-3H3. The minimum absolute atomic E-state index is 0.414. The average molecular weight is 342 g/mol. The zero-order chi connectivity index (χ0) is 17.1. The molecule has 8 heteroatoms. The maximum absolute atomic E-state index is 10.4. The molecule has 7 nitrogen and oxygen atoms in total. The molecule has 1 heterocycles. The number of nitrogens with one attached hydrogen (secondary N) is 2. The van der Waals surface area contributed by atoms with Gasteiger partial charge in [0.05, 0.1) is 10.7 Å². The fraction of sp³-hybridized carbons (Fsp3) is 0.600. The van der Waals surface area contributed by atoms with Gasteiger partial charge >= 0.3 is 0 Å². The van der Waals surface area contributed by atoms with Crippen molar-refractivity contribution in [1.82, 2.24) is 15.5 Å². The molecule has 0 aliphatic carbocycles. The van der Waals surface area contributed by atoms with Crippen molar-refractivity contribution in [1.29, 1.82) is 0 Å². The van der Waals surface area contributed by atoms with E-state index >= 15 is 0 Å². The van der Waals surface area contributed by atoms with Crippen molar-refractivity contribution < 1.29 is 9.34 Å². The van der Waals surface area contributed by atoms with Crippen molar-refractivity contribution in [2.24, 2.45) is 0 Å². The number of nitrogens with zero attached hydrogens (tertiary/aromatic N) is 2. The van der Waals surface area contributed by atoms with Gasteiger partial charge in [0.1, 0.15) is 11.5 Å². The highest BCUT2D eigenvalue weighted by molar-refractivity contribution is 7.98. The highest BCUT2D eigenvalue weighted by atomic mass is 32.2. The van der Waals surface area contributed by atoms with Crippen molar-refractivity contribution in [2.45, 2.75) is 18.6 Å². The van der Waals surface area contributed by atoms with Crippen LogP contribution in [0.4, 0.5) is 0 Å². The van der Waals surface area contributed by atoms with E-state index in [-0.39, 0.29) is 0 Å². The Hall–Kier alpha value is -1.67. The van der Waals surface area contributed by atoms with Crippen molar-refractivity contribution in [3.8, 4) is 0 Å². The second-order valence-electron chi connectivity index (χ2n) is 5.33. The van der Waals surface area contributed by atoms with E-state index in [1.807, 2.05) is 12.1 Å². The fourth-order valence-corrected chi connectivity index (χ4v) is 2.69. The summed E-state index contributed by atoms with van der Waals surface area (Å²) in [5.74, 6) is 4.07. The molecule has 130 valence electrons. The predicted octanol–water partition coefficient (Wildman–Crippen LogP) is 1.89. The molecule has 0 aliphatic rings. The van der Waals surface area contributed by atoms with Crippen LogP contribution in [-0.2, 0) is 12.2 Å². The van der Waals surface area contributed by atoms with Gasteiger partial charge in [-0.05, 0) is 39.2 Å². The molecule has 0 radical (unpaired) electrons. The van der Waals surface area contributed by atoms with E-state index in [0.29, 0.717) is 12.4 Å². The average Bonchev–Trinajstić information content (AvgIpc) is 2.92. The second-order valence-corrected chi connectivity index (χ2v) is 6.44. The van der Waals surface area contributed by atoms with Gasteiger partial charge in [0, 0.05) is 25.8 Å². The first-order chi connectivity index (χ1) is 11.0. The number of furan rings is 1. The molecule has 0 aromatic carbocycles. The number of rotatable bonds is 12. The van der Waals surface area contributed by atoms with Gasteiger partial charge in [-0.3, -0.25) is 10.1 Å². The van der Waals surface area contributed by atoms with Gasteiger partial charge < -0.3 is 20.0 Å². The smallest absolute Gasteiger partial charge is 0.274 e. The third-order valence-electron chi connectivity index (χ3n) is 3.06. The van der Waals surface area contributed by atoms with Crippen molar-refractivity contribution in [3.63, 3.8) is 0 Å². The monoisotopic (exact) mass is 342 g/mol. The summed E-state index contributed by atoms with van der Waals surface area (Å²) in [5, 5.41) is 16.1. The molecule has 1 rings (SSSR count). The van der Waals surface area contributed by atoms with Gasteiger partial charge in [-0.15, -0.1) is 0 Å². The first kappa shape index (κ1) is 19.4. The summed E-state index contributed by atoms with van der Waals surface area (Å²) in [5.41, 5.74) is 0. The largest absolute Gasteiger partial charge is 0.465 e. The summed E-state index contributed by atoms with van der Waals surface area (Å²) in [7, 11) is 5.79. The van der Waals surface area contributed by atoms with E-state index in [0.717, 1.165) is 48.6 Å². The number of hydrogen-bond acceptors (Lipinski definition) is 7. The number of nitro groups is 1. The molecular formula is C15H26N4O3S. The van der Waals surface area contributed by atoms with Crippen molar-refractivity contribution in [2.75, 3.05) is 40.0 Å². The molecule has 1 aromatic rings. The lowest BCUT2D eigenvalue weighted by Gasteiger charge is -2.07. The lowest BCUT2D eigenvalue weighted by molar-refractivity contribution is -0.404. The molecule has 0 atom stereocenters. The molecule has 0 saturated carbocycles. The summed E-state index contributed by atoms with van der Waals surface area (Å²) in [4.78, 5) is 12.1. The molecule has 0 bridgehead atoms. The lowest BCUT2D eigenvalue weighted by Crippen LogP contribution is -2.26. The quantitative estimate of drug-likeness (QED) is 0.341. The zero-order valence-electron chi connectivity index (χ0n) is 14.0. The van der Waals surface area contributed by atoms with Gasteiger partial charge in [0.15, 0.2) is 5.82 Å². The Kier molecular flexibility index (Phi) is 9.23. The molecular weight excluding hydrogens is 316 g/mol. The van der Waals surface area contributed by atoms with E-state index in [4.69, 9.17) is 4.42 Å². The van der Waals surface area contributed by atoms with Crippen molar-refractivity contribution in [3.05, 3.63) is 45.8 Å². The number of thioether (sulfide) groups is 1. The Labute approximate surface area is 141 Å². The van der Waals surface area contributed by atoms with E-state index in [2.05, 4.69) is 29.6 Å². The Morgan fingerprint density at radius 3 is 2.83 bits per heavy atom. The van der Waals surface area contributed by atoms with Gasteiger partial charge in [-0.25, -0.2) is 0 Å².